The third kappa shape index (κ3) is 3.66. The number of benzene rings is 1. The fourth-order valence-electron chi connectivity index (χ4n) is 2.71. The van der Waals surface area contributed by atoms with Crippen molar-refractivity contribution in [1.82, 2.24) is 15.1 Å². The molecule has 0 unspecified atom stereocenters. The van der Waals surface area contributed by atoms with Gasteiger partial charge >= 0.3 is 0 Å². The Labute approximate surface area is 146 Å². The second-order valence-electron chi connectivity index (χ2n) is 5.56. The van der Waals surface area contributed by atoms with Gasteiger partial charge in [0.1, 0.15) is 6.61 Å². The molecule has 1 saturated heterocycles. The highest BCUT2D eigenvalue weighted by Crippen LogP contribution is 2.26. The van der Waals surface area contributed by atoms with E-state index in [1.165, 1.54) is 7.11 Å². The second kappa shape index (κ2) is 7.59. The third-order valence-corrected chi connectivity index (χ3v) is 4.35. The molecule has 0 saturated carbocycles. The Morgan fingerprint density at radius 1 is 1.12 bits per heavy atom. The lowest BCUT2D eigenvalue weighted by atomic mass is 10.1. The molecular weight excluding hydrogens is 328 g/mol. The number of carbonyl (C=O) groups is 1. The van der Waals surface area contributed by atoms with Gasteiger partial charge in [0.25, 0.3) is 0 Å². The van der Waals surface area contributed by atoms with E-state index in [1.807, 2.05) is 41.3 Å². The summed E-state index contributed by atoms with van der Waals surface area (Å²) in [6, 6.07) is 11.4. The van der Waals surface area contributed by atoms with Crippen molar-refractivity contribution >= 4 is 23.3 Å². The molecule has 2 aromatic rings. The molecule has 1 aliphatic heterocycles. The number of halogens is 1. The van der Waals surface area contributed by atoms with Gasteiger partial charge in [0.05, 0.1) is 10.7 Å². The first-order chi connectivity index (χ1) is 11.7. The summed E-state index contributed by atoms with van der Waals surface area (Å²) in [6.07, 6.45) is 0. The van der Waals surface area contributed by atoms with E-state index >= 15 is 0 Å². The van der Waals surface area contributed by atoms with Crippen LogP contribution in [0.25, 0.3) is 11.3 Å². The van der Waals surface area contributed by atoms with Crippen LogP contribution in [0.2, 0.25) is 5.02 Å². The summed E-state index contributed by atoms with van der Waals surface area (Å²) in [5.41, 5.74) is 1.62. The van der Waals surface area contributed by atoms with Gasteiger partial charge in [-0.1, -0.05) is 29.8 Å². The van der Waals surface area contributed by atoms with Gasteiger partial charge in [0, 0.05) is 38.9 Å². The molecule has 7 heteroatoms. The minimum Gasteiger partial charge on any atom is -0.375 e. The number of amides is 1. The Kier molecular flexibility index (Phi) is 5.27. The van der Waals surface area contributed by atoms with E-state index in [0.717, 1.165) is 30.2 Å². The second-order valence-corrected chi connectivity index (χ2v) is 5.96. The monoisotopic (exact) mass is 346 g/mol. The molecule has 6 nitrogen and oxygen atoms in total. The molecule has 1 amide bonds. The van der Waals surface area contributed by atoms with Gasteiger partial charge in [0.15, 0.2) is 5.82 Å². The van der Waals surface area contributed by atoms with Crippen molar-refractivity contribution in [3.8, 4) is 11.3 Å². The molecule has 1 fully saturated rings. The van der Waals surface area contributed by atoms with Gasteiger partial charge in [-0.3, -0.25) is 4.79 Å². The van der Waals surface area contributed by atoms with Gasteiger partial charge < -0.3 is 14.5 Å². The van der Waals surface area contributed by atoms with Crippen molar-refractivity contribution in [2.45, 2.75) is 0 Å². The van der Waals surface area contributed by atoms with Crippen LogP contribution in [0.3, 0.4) is 0 Å². The normalized spacial score (nSPS) is 14.8. The summed E-state index contributed by atoms with van der Waals surface area (Å²) >= 11 is 6.19. The van der Waals surface area contributed by atoms with Crippen molar-refractivity contribution in [2.75, 3.05) is 44.8 Å². The maximum absolute atomic E-state index is 11.8. The predicted octanol–water partition coefficient (Wildman–Crippen LogP) is 2.09. The molecule has 24 heavy (non-hydrogen) atoms. The summed E-state index contributed by atoms with van der Waals surface area (Å²) in [4.78, 5) is 15.8. The highest BCUT2D eigenvalue weighted by Gasteiger charge is 2.21. The number of piperazine rings is 1. The minimum atomic E-state index is 0.0253. The van der Waals surface area contributed by atoms with Crippen LogP contribution in [-0.4, -0.2) is 60.9 Å². The largest absolute Gasteiger partial charge is 0.375 e. The van der Waals surface area contributed by atoms with Crippen LogP contribution in [0.4, 0.5) is 5.82 Å². The number of ether oxygens (including phenoxy) is 1. The summed E-state index contributed by atoms with van der Waals surface area (Å²) in [6.45, 7) is 2.92. The average Bonchev–Trinajstić information content (AvgIpc) is 2.63. The van der Waals surface area contributed by atoms with Crippen molar-refractivity contribution in [1.29, 1.82) is 0 Å². The lowest BCUT2D eigenvalue weighted by Crippen LogP contribution is -2.50. The summed E-state index contributed by atoms with van der Waals surface area (Å²) in [7, 11) is 1.53. The predicted molar refractivity (Wildman–Crippen MR) is 93.1 cm³/mol. The van der Waals surface area contributed by atoms with Crippen LogP contribution in [0, 0.1) is 0 Å². The molecule has 0 bridgehead atoms. The molecule has 0 radical (unpaired) electrons. The SMILES string of the molecule is COCC(=O)N1CCN(c2ccc(-c3ccccc3Cl)nn2)CC1. The minimum absolute atomic E-state index is 0.0253. The van der Waals surface area contributed by atoms with Gasteiger partial charge in [-0.25, -0.2) is 0 Å². The van der Waals surface area contributed by atoms with Crippen LogP contribution in [0.15, 0.2) is 36.4 Å². The molecular formula is C17H19ClN4O2. The number of hydrogen-bond donors (Lipinski definition) is 0. The first kappa shape index (κ1) is 16.7. The maximum Gasteiger partial charge on any atom is 0.248 e. The molecule has 2 heterocycles. The maximum atomic E-state index is 11.8. The smallest absolute Gasteiger partial charge is 0.248 e. The summed E-state index contributed by atoms with van der Waals surface area (Å²) < 4.78 is 4.90. The fourth-order valence-corrected chi connectivity index (χ4v) is 2.94. The van der Waals surface area contributed by atoms with E-state index < -0.39 is 0 Å². The number of carbonyl (C=O) groups excluding carboxylic acids is 1. The van der Waals surface area contributed by atoms with Crippen LogP contribution in [0.5, 0.6) is 0 Å². The van der Waals surface area contributed by atoms with E-state index in [4.69, 9.17) is 16.3 Å². The van der Waals surface area contributed by atoms with Gasteiger partial charge in [-0.05, 0) is 18.2 Å². The van der Waals surface area contributed by atoms with E-state index in [9.17, 15) is 4.79 Å². The number of aromatic nitrogens is 2. The molecule has 0 atom stereocenters. The van der Waals surface area contributed by atoms with Crippen LogP contribution >= 0.6 is 11.6 Å². The van der Waals surface area contributed by atoms with Gasteiger partial charge in [0.2, 0.25) is 5.91 Å². The fraction of sp³-hybridized carbons (Fsp3) is 0.353. The van der Waals surface area contributed by atoms with Crippen LogP contribution in [0.1, 0.15) is 0 Å². The molecule has 1 aromatic heterocycles. The van der Waals surface area contributed by atoms with Crippen molar-refractivity contribution in [3.05, 3.63) is 41.4 Å². The molecule has 0 spiro atoms. The molecule has 1 aromatic carbocycles. The number of hydrogen-bond acceptors (Lipinski definition) is 5. The van der Waals surface area contributed by atoms with Gasteiger partial charge in [-0.15, -0.1) is 10.2 Å². The average molecular weight is 347 g/mol. The summed E-state index contributed by atoms with van der Waals surface area (Å²) in [5, 5.41) is 9.26. The first-order valence-electron chi connectivity index (χ1n) is 7.79. The molecule has 3 rings (SSSR count). The summed E-state index contributed by atoms with van der Waals surface area (Å²) in [5.74, 6) is 0.835. The van der Waals surface area contributed by atoms with E-state index in [-0.39, 0.29) is 12.5 Å². The Morgan fingerprint density at radius 3 is 2.50 bits per heavy atom. The number of nitrogens with zero attached hydrogens (tertiary/aromatic N) is 4. The number of anilines is 1. The number of rotatable bonds is 4. The highest BCUT2D eigenvalue weighted by molar-refractivity contribution is 6.33. The number of methoxy groups -OCH3 is 1. The zero-order valence-electron chi connectivity index (χ0n) is 13.5. The molecule has 1 aliphatic rings. The van der Waals surface area contributed by atoms with E-state index in [0.29, 0.717) is 18.1 Å². The van der Waals surface area contributed by atoms with Crippen molar-refractivity contribution in [2.24, 2.45) is 0 Å². The van der Waals surface area contributed by atoms with E-state index in [1.54, 1.807) is 0 Å². The Hall–Kier alpha value is -2.18. The molecule has 0 aliphatic carbocycles. The molecule has 0 N–H and O–H groups in total. The first-order valence-corrected chi connectivity index (χ1v) is 8.17. The quantitative estimate of drug-likeness (QED) is 0.848. The topological polar surface area (TPSA) is 58.6 Å². The highest BCUT2D eigenvalue weighted by atomic mass is 35.5. The zero-order chi connectivity index (χ0) is 16.9. The van der Waals surface area contributed by atoms with Crippen LogP contribution in [-0.2, 0) is 9.53 Å². The standard InChI is InChI=1S/C17H19ClN4O2/c1-24-12-17(23)22-10-8-21(9-11-22)16-7-6-15(19-20-16)13-4-2-3-5-14(13)18/h2-7H,8-12H2,1H3. The van der Waals surface area contributed by atoms with Gasteiger partial charge in [-0.2, -0.15) is 0 Å². The zero-order valence-corrected chi connectivity index (χ0v) is 14.2. The lowest BCUT2D eigenvalue weighted by Gasteiger charge is -2.35. The lowest BCUT2D eigenvalue weighted by molar-refractivity contribution is -0.135. The van der Waals surface area contributed by atoms with E-state index in [2.05, 4.69) is 15.1 Å². The Morgan fingerprint density at radius 2 is 1.88 bits per heavy atom. The molecule has 126 valence electrons. The third-order valence-electron chi connectivity index (χ3n) is 4.02. The van der Waals surface area contributed by atoms with Crippen LogP contribution < -0.4 is 4.90 Å². The Balaban J connectivity index is 1.65. The van der Waals surface area contributed by atoms with Crippen molar-refractivity contribution < 1.29 is 9.53 Å². The Bertz CT molecular complexity index is 700. The van der Waals surface area contributed by atoms with Crippen molar-refractivity contribution in [3.63, 3.8) is 0 Å².